The highest BCUT2D eigenvalue weighted by atomic mass is 127. The van der Waals surface area contributed by atoms with Gasteiger partial charge >= 0.3 is 18.4 Å². The molecule has 0 aliphatic carbocycles. The van der Waals surface area contributed by atoms with Gasteiger partial charge in [0.25, 0.3) is 0 Å². The average molecular weight is 610 g/mol. The Kier molecular flexibility index (Phi) is 9.53. The second-order valence-corrected chi connectivity index (χ2v) is 11.4. The zero-order valence-electron chi connectivity index (χ0n) is 19.3. The molecule has 0 aromatic heterocycles. The van der Waals surface area contributed by atoms with Crippen molar-refractivity contribution in [3.8, 4) is 0 Å². The van der Waals surface area contributed by atoms with Gasteiger partial charge in [0, 0.05) is 25.7 Å². The van der Waals surface area contributed by atoms with Crippen LogP contribution in [0.1, 0.15) is 56.7 Å². The minimum atomic E-state index is -4.90. The zero-order chi connectivity index (χ0) is 25.9. The van der Waals surface area contributed by atoms with Crippen LogP contribution in [0.25, 0.3) is 0 Å². The first kappa shape index (κ1) is 29.0. The largest absolute Gasteiger partial charge is 0.433 e. The predicted octanol–water partition coefficient (Wildman–Crippen LogP) is 6.38. The van der Waals surface area contributed by atoms with Gasteiger partial charge in [0.05, 0.1) is 23.8 Å². The number of carbonyl (C=O) groups is 1. The Morgan fingerprint density at radius 3 is 2.03 bits per heavy atom. The number of hydrogen-bond acceptors (Lipinski definition) is 4. The first-order chi connectivity index (χ1) is 15.5. The number of piperidine rings is 1. The van der Waals surface area contributed by atoms with Crippen molar-refractivity contribution in [3.05, 3.63) is 34.9 Å². The molecule has 3 atom stereocenters. The number of rotatable bonds is 7. The Hall–Kier alpha value is -1.28. The van der Waals surface area contributed by atoms with E-state index in [9.17, 15) is 31.1 Å². The number of nitrogens with zero attached hydrogens (tertiary/aromatic N) is 1. The van der Waals surface area contributed by atoms with E-state index in [0.29, 0.717) is 19.3 Å². The number of ether oxygens (including phenoxy) is 2. The van der Waals surface area contributed by atoms with E-state index in [1.807, 2.05) is 29.5 Å². The summed E-state index contributed by atoms with van der Waals surface area (Å²) in [6.07, 6.45) is -8.81. The standard InChI is InChI=1S/C22H29F6IN2O3/c1-5-17-9-16(10-18(12-33-4)31(17)19(32)34-20(2,3)29)30-11-13-6-14(21(23,24)25)8-15(7-13)22(26,27)28/h6-8,16-18,30H,5,9-12H2,1-4H3/t16-,17+,18+/m0/s1. The minimum Gasteiger partial charge on any atom is -0.433 e. The summed E-state index contributed by atoms with van der Waals surface area (Å²) in [5.41, 5.74) is -2.81. The van der Waals surface area contributed by atoms with Crippen LogP contribution < -0.4 is 5.32 Å². The van der Waals surface area contributed by atoms with Gasteiger partial charge in [-0.05, 0) is 79.5 Å². The molecule has 1 aromatic rings. The van der Waals surface area contributed by atoms with Crippen molar-refractivity contribution in [2.24, 2.45) is 0 Å². The van der Waals surface area contributed by atoms with Crippen molar-refractivity contribution in [2.45, 2.75) is 80.7 Å². The second kappa shape index (κ2) is 11.2. The van der Waals surface area contributed by atoms with Crippen molar-refractivity contribution >= 4 is 28.7 Å². The van der Waals surface area contributed by atoms with Crippen LogP contribution in [-0.4, -0.2) is 46.4 Å². The number of hydrogen-bond donors (Lipinski definition) is 1. The number of amides is 1. The molecule has 12 heteroatoms. The highest BCUT2D eigenvalue weighted by molar-refractivity contribution is 14.1. The number of methoxy groups -OCH3 is 1. The first-order valence-electron chi connectivity index (χ1n) is 10.8. The molecule has 1 heterocycles. The Labute approximate surface area is 208 Å². The van der Waals surface area contributed by atoms with Crippen molar-refractivity contribution in [1.29, 1.82) is 0 Å². The van der Waals surface area contributed by atoms with E-state index in [-0.39, 0.29) is 42.9 Å². The van der Waals surface area contributed by atoms with E-state index in [0.717, 1.165) is 12.1 Å². The van der Waals surface area contributed by atoms with Crippen molar-refractivity contribution in [2.75, 3.05) is 13.7 Å². The van der Waals surface area contributed by atoms with E-state index < -0.39 is 33.2 Å². The Morgan fingerprint density at radius 1 is 1.06 bits per heavy atom. The van der Waals surface area contributed by atoms with Gasteiger partial charge in [-0.25, -0.2) is 4.79 Å². The minimum absolute atomic E-state index is 0.115. The molecule has 1 N–H and O–H groups in total. The summed E-state index contributed by atoms with van der Waals surface area (Å²) >= 11 is 2.00. The second-order valence-electron chi connectivity index (χ2n) is 8.77. The lowest BCUT2D eigenvalue weighted by molar-refractivity contribution is -0.143. The molecule has 0 radical (unpaired) electrons. The molecule has 0 spiro atoms. The van der Waals surface area contributed by atoms with Gasteiger partial charge in [0.15, 0.2) is 3.61 Å². The Morgan fingerprint density at radius 2 is 1.59 bits per heavy atom. The molecule has 5 nitrogen and oxygen atoms in total. The maximum absolute atomic E-state index is 13.1. The third kappa shape index (κ3) is 8.14. The summed E-state index contributed by atoms with van der Waals surface area (Å²) in [6, 6.07) is 0.724. The SMILES string of the molecule is CC[C@@H]1C[C@H](NCc2cc(C(F)(F)F)cc(C(F)(F)F)c2)C[C@H](COC)N1C(=O)OC(C)(C)I. The van der Waals surface area contributed by atoms with Crippen LogP contribution in [0.5, 0.6) is 0 Å². The molecule has 194 valence electrons. The van der Waals surface area contributed by atoms with Gasteiger partial charge in [-0.3, -0.25) is 4.90 Å². The van der Waals surface area contributed by atoms with E-state index in [2.05, 4.69) is 5.32 Å². The Balaban J connectivity index is 2.21. The molecule has 0 bridgehead atoms. The number of benzene rings is 1. The monoisotopic (exact) mass is 610 g/mol. The maximum atomic E-state index is 13.1. The summed E-state index contributed by atoms with van der Waals surface area (Å²) in [6.45, 7) is 5.42. The number of carbonyl (C=O) groups excluding carboxylic acids is 1. The van der Waals surface area contributed by atoms with Gasteiger partial charge in [0.1, 0.15) is 0 Å². The quantitative estimate of drug-likeness (QED) is 0.221. The molecule has 1 aliphatic rings. The average Bonchev–Trinajstić information content (AvgIpc) is 2.69. The summed E-state index contributed by atoms with van der Waals surface area (Å²) in [4.78, 5) is 14.5. The van der Waals surface area contributed by atoms with Crippen molar-refractivity contribution in [1.82, 2.24) is 10.2 Å². The smallest absolute Gasteiger partial charge is 0.416 e. The van der Waals surface area contributed by atoms with Gasteiger partial charge < -0.3 is 14.8 Å². The third-order valence-corrected chi connectivity index (χ3v) is 5.73. The lowest BCUT2D eigenvalue weighted by atomic mass is 9.90. The lowest BCUT2D eigenvalue weighted by Crippen LogP contribution is -2.58. The number of likely N-dealkylation sites (tertiary alicyclic amines) is 1. The topological polar surface area (TPSA) is 50.8 Å². The predicted molar refractivity (Wildman–Crippen MR) is 122 cm³/mol. The molecule has 34 heavy (non-hydrogen) atoms. The molecule has 1 fully saturated rings. The number of alkyl halides is 7. The lowest BCUT2D eigenvalue weighted by Gasteiger charge is -2.45. The first-order valence-corrected chi connectivity index (χ1v) is 11.8. The van der Waals surface area contributed by atoms with E-state index in [1.54, 1.807) is 18.7 Å². The maximum Gasteiger partial charge on any atom is 0.416 e. The molecule has 1 amide bonds. The molecular formula is C22H29F6IN2O3. The summed E-state index contributed by atoms with van der Waals surface area (Å²) in [7, 11) is 1.49. The van der Waals surface area contributed by atoms with Crippen LogP contribution in [-0.2, 0) is 28.4 Å². The van der Waals surface area contributed by atoms with Crippen LogP contribution in [0.3, 0.4) is 0 Å². The van der Waals surface area contributed by atoms with Crippen LogP contribution >= 0.6 is 22.6 Å². The zero-order valence-corrected chi connectivity index (χ0v) is 21.5. The van der Waals surface area contributed by atoms with E-state index in [1.165, 1.54) is 7.11 Å². The number of nitrogens with one attached hydrogen (secondary N) is 1. The number of halogens is 7. The van der Waals surface area contributed by atoms with Gasteiger partial charge in [-0.1, -0.05) is 6.92 Å². The van der Waals surface area contributed by atoms with Crippen LogP contribution in [0.15, 0.2) is 18.2 Å². The van der Waals surface area contributed by atoms with Crippen molar-refractivity contribution in [3.63, 3.8) is 0 Å². The van der Waals surface area contributed by atoms with Crippen LogP contribution in [0, 0.1) is 0 Å². The highest BCUT2D eigenvalue weighted by Gasteiger charge is 2.40. The molecule has 0 saturated carbocycles. The summed E-state index contributed by atoms with van der Waals surface area (Å²) in [5, 5.41) is 3.09. The van der Waals surface area contributed by atoms with Crippen LogP contribution in [0.2, 0.25) is 0 Å². The normalized spacial score (nSPS) is 22.1. The molecule has 1 aromatic carbocycles. The molecule has 1 saturated heterocycles. The van der Waals surface area contributed by atoms with E-state index >= 15 is 0 Å². The van der Waals surface area contributed by atoms with Gasteiger partial charge in [-0.2, -0.15) is 26.3 Å². The summed E-state index contributed by atoms with van der Waals surface area (Å²) < 4.78 is 89.0. The third-order valence-electron chi connectivity index (χ3n) is 5.51. The molecule has 1 aliphatic heterocycles. The Bertz CT molecular complexity index is 809. The van der Waals surface area contributed by atoms with Crippen LogP contribution in [0.4, 0.5) is 31.1 Å². The van der Waals surface area contributed by atoms with Gasteiger partial charge in [0.2, 0.25) is 0 Å². The fraction of sp³-hybridized carbons (Fsp3) is 0.682. The molecular weight excluding hydrogens is 581 g/mol. The highest BCUT2D eigenvalue weighted by Crippen LogP contribution is 2.36. The molecule has 0 unspecified atom stereocenters. The summed E-state index contributed by atoms with van der Waals surface area (Å²) in [5.74, 6) is 0. The fourth-order valence-corrected chi connectivity index (χ4v) is 4.28. The van der Waals surface area contributed by atoms with E-state index in [4.69, 9.17) is 9.47 Å². The van der Waals surface area contributed by atoms with Crippen molar-refractivity contribution < 1.29 is 40.6 Å². The molecule has 2 rings (SSSR count). The van der Waals surface area contributed by atoms with Gasteiger partial charge in [-0.15, -0.1) is 0 Å². The fourth-order valence-electron chi connectivity index (χ4n) is 4.09.